The molecule has 0 saturated heterocycles. The zero-order valence-electron chi connectivity index (χ0n) is 11.4. The zero-order valence-corrected chi connectivity index (χ0v) is 13.0. The number of hydrogen-bond acceptors (Lipinski definition) is 6. The van der Waals surface area contributed by atoms with Crippen LogP contribution in [-0.2, 0) is 10.0 Å². The third-order valence-electron chi connectivity index (χ3n) is 2.52. The Balaban J connectivity index is 3.10. The summed E-state index contributed by atoms with van der Waals surface area (Å²) in [5, 5.41) is 13.4. The molecule has 0 fully saturated rings. The van der Waals surface area contributed by atoms with Crippen LogP contribution in [0.1, 0.15) is 6.92 Å². The fourth-order valence-corrected chi connectivity index (χ4v) is 3.62. The summed E-state index contributed by atoms with van der Waals surface area (Å²) in [7, 11) is -2.18. The van der Waals surface area contributed by atoms with Gasteiger partial charge in [-0.15, -0.1) is 0 Å². The van der Waals surface area contributed by atoms with E-state index < -0.39 is 14.9 Å². The Kier molecular flexibility index (Phi) is 5.78. The van der Waals surface area contributed by atoms with Gasteiger partial charge < -0.3 is 5.32 Å². The Morgan fingerprint density at radius 2 is 2.10 bits per heavy atom. The highest BCUT2D eigenvalue weighted by Gasteiger charge is 2.21. The highest BCUT2D eigenvalue weighted by Crippen LogP contribution is 2.26. The minimum absolute atomic E-state index is 0.000373. The van der Waals surface area contributed by atoms with E-state index in [1.807, 2.05) is 6.26 Å². The number of nitrogens with one attached hydrogen (secondary N) is 2. The molecule has 20 heavy (non-hydrogen) atoms. The van der Waals surface area contributed by atoms with Crippen molar-refractivity contribution >= 4 is 33.2 Å². The van der Waals surface area contributed by atoms with Crippen molar-refractivity contribution in [3.8, 4) is 0 Å². The van der Waals surface area contributed by atoms with Crippen LogP contribution >= 0.6 is 11.8 Å². The third-order valence-corrected chi connectivity index (χ3v) is 4.94. The lowest BCUT2D eigenvalue weighted by atomic mass is 10.3. The van der Waals surface area contributed by atoms with E-state index in [2.05, 4.69) is 10.0 Å². The van der Waals surface area contributed by atoms with E-state index in [9.17, 15) is 18.5 Å². The van der Waals surface area contributed by atoms with E-state index >= 15 is 0 Å². The maximum absolute atomic E-state index is 12.1. The fraction of sp³-hybridized carbons (Fsp3) is 0.455. The topological polar surface area (TPSA) is 101 Å². The van der Waals surface area contributed by atoms with Crippen molar-refractivity contribution < 1.29 is 13.3 Å². The number of nitro benzene ring substituents is 1. The summed E-state index contributed by atoms with van der Waals surface area (Å²) >= 11 is 1.53. The largest absolute Gasteiger partial charge is 0.383 e. The number of nitrogens with zero attached hydrogens (tertiary/aromatic N) is 1. The van der Waals surface area contributed by atoms with Crippen molar-refractivity contribution in [2.75, 3.05) is 24.4 Å². The van der Waals surface area contributed by atoms with E-state index in [-0.39, 0.29) is 22.3 Å². The van der Waals surface area contributed by atoms with Crippen molar-refractivity contribution in [1.82, 2.24) is 4.72 Å². The molecule has 2 N–H and O–H groups in total. The maximum atomic E-state index is 12.1. The van der Waals surface area contributed by atoms with Gasteiger partial charge in [-0.25, -0.2) is 13.1 Å². The number of rotatable bonds is 7. The average Bonchev–Trinajstić information content (AvgIpc) is 2.37. The minimum Gasteiger partial charge on any atom is -0.383 e. The lowest BCUT2D eigenvalue weighted by Gasteiger charge is -2.13. The molecule has 9 heteroatoms. The number of nitro groups is 1. The van der Waals surface area contributed by atoms with Gasteiger partial charge in [0, 0.05) is 24.9 Å². The molecule has 0 aromatic heterocycles. The van der Waals surface area contributed by atoms with E-state index in [0.29, 0.717) is 5.75 Å². The zero-order chi connectivity index (χ0) is 15.3. The summed E-state index contributed by atoms with van der Waals surface area (Å²) in [6.07, 6.45) is 1.88. The first-order valence-electron chi connectivity index (χ1n) is 5.79. The summed E-state index contributed by atoms with van der Waals surface area (Å²) in [6, 6.07) is 3.45. The van der Waals surface area contributed by atoms with Gasteiger partial charge in [0.2, 0.25) is 10.0 Å². The second-order valence-electron chi connectivity index (χ2n) is 4.16. The Morgan fingerprint density at radius 3 is 2.60 bits per heavy atom. The van der Waals surface area contributed by atoms with Crippen molar-refractivity contribution in [2.24, 2.45) is 0 Å². The Labute approximate surface area is 122 Å². The molecular formula is C11H17N3O4S2. The molecular weight excluding hydrogens is 302 g/mol. The van der Waals surface area contributed by atoms with Crippen molar-refractivity contribution in [3.63, 3.8) is 0 Å². The molecule has 0 radical (unpaired) electrons. The summed E-state index contributed by atoms with van der Waals surface area (Å²) in [6.45, 7) is 1.76. The van der Waals surface area contributed by atoms with Crippen molar-refractivity contribution in [2.45, 2.75) is 17.9 Å². The molecule has 7 nitrogen and oxygen atoms in total. The summed E-state index contributed by atoms with van der Waals surface area (Å²) in [5.74, 6) is 0.644. The van der Waals surface area contributed by atoms with Crippen LogP contribution in [0, 0.1) is 10.1 Å². The minimum atomic E-state index is -3.68. The number of hydrogen-bond donors (Lipinski definition) is 2. The SMILES string of the molecule is CNc1cc(S(=O)(=O)NC(C)CSC)ccc1[N+](=O)[O-]. The molecule has 0 spiro atoms. The maximum Gasteiger partial charge on any atom is 0.292 e. The Hall–Kier alpha value is -1.32. The first-order valence-corrected chi connectivity index (χ1v) is 8.67. The molecule has 1 atom stereocenters. The molecule has 0 saturated carbocycles. The second kappa shape index (κ2) is 6.91. The number of benzene rings is 1. The van der Waals surface area contributed by atoms with Gasteiger partial charge in [0.05, 0.1) is 9.82 Å². The van der Waals surface area contributed by atoms with Crippen LogP contribution in [0.25, 0.3) is 0 Å². The molecule has 0 heterocycles. The van der Waals surface area contributed by atoms with Crippen molar-refractivity contribution in [3.05, 3.63) is 28.3 Å². The number of anilines is 1. The van der Waals surface area contributed by atoms with E-state index in [0.717, 1.165) is 0 Å². The van der Waals surface area contributed by atoms with Gasteiger partial charge in [-0.2, -0.15) is 11.8 Å². The standard InChI is InChI=1S/C11H17N3O4S2/c1-8(7-19-3)13-20(17,18)9-4-5-11(14(15)16)10(6-9)12-2/h4-6,8,12-13H,7H2,1-3H3. The van der Waals surface area contributed by atoms with Gasteiger partial charge in [-0.3, -0.25) is 10.1 Å². The van der Waals surface area contributed by atoms with Gasteiger partial charge >= 0.3 is 0 Å². The van der Waals surface area contributed by atoms with E-state index in [1.165, 1.54) is 37.0 Å². The number of thioether (sulfide) groups is 1. The molecule has 0 aliphatic carbocycles. The summed E-state index contributed by atoms with van der Waals surface area (Å²) in [4.78, 5) is 10.2. The Bertz CT molecular complexity index is 589. The quantitative estimate of drug-likeness (QED) is 0.585. The summed E-state index contributed by atoms with van der Waals surface area (Å²) < 4.78 is 26.8. The van der Waals surface area contributed by atoms with Crippen LogP contribution in [0.5, 0.6) is 0 Å². The molecule has 0 aliphatic rings. The van der Waals surface area contributed by atoms with Gasteiger partial charge in [0.15, 0.2) is 0 Å². The fourth-order valence-electron chi connectivity index (χ4n) is 1.66. The summed E-state index contributed by atoms with van der Waals surface area (Å²) in [5.41, 5.74) is -0.000920. The number of sulfonamides is 1. The average molecular weight is 319 g/mol. The predicted molar refractivity (Wildman–Crippen MR) is 80.8 cm³/mol. The van der Waals surface area contributed by atoms with Crippen LogP contribution in [0.4, 0.5) is 11.4 Å². The first-order chi connectivity index (χ1) is 9.31. The monoisotopic (exact) mass is 319 g/mol. The molecule has 1 aromatic rings. The molecule has 1 rings (SSSR count). The van der Waals surface area contributed by atoms with E-state index in [4.69, 9.17) is 0 Å². The first kappa shape index (κ1) is 16.7. The van der Waals surface area contributed by atoms with Crippen LogP contribution in [0.3, 0.4) is 0 Å². The van der Waals surface area contributed by atoms with Crippen molar-refractivity contribution in [1.29, 1.82) is 0 Å². The van der Waals surface area contributed by atoms with Gasteiger partial charge in [-0.05, 0) is 25.3 Å². The third kappa shape index (κ3) is 4.09. The second-order valence-corrected chi connectivity index (χ2v) is 6.79. The van der Waals surface area contributed by atoms with E-state index in [1.54, 1.807) is 6.92 Å². The van der Waals surface area contributed by atoms with Gasteiger partial charge in [0.1, 0.15) is 5.69 Å². The lowest BCUT2D eigenvalue weighted by molar-refractivity contribution is -0.384. The van der Waals surface area contributed by atoms with Gasteiger partial charge in [-0.1, -0.05) is 0 Å². The molecule has 0 amide bonds. The van der Waals surface area contributed by atoms with Crippen LogP contribution in [0.15, 0.2) is 23.1 Å². The smallest absolute Gasteiger partial charge is 0.292 e. The molecule has 0 aliphatic heterocycles. The van der Waals surface area contributed by atoms with Crippen LogP contribution in [0.2, 0.25) is 0 Å². The highest BCUT2D eigenvalue weighted by molar-refractivity contribution is 7.98. The molecule has 1 unspecified atom stereocenters. The van der Waals surface area contributed by atoms with Crippen LogP contribution < -0.4 is 10.0 Å². The van der Waals surface area contributed by atoms with Gasteiger partial charge in [0.25, 0.3) is 5.69 Å². The Morgan fingerprint density at radius 1 is 1.45 bits per heavy atom. The highest BCUT2D eigenvalue weighted by atomic mass is 32.2. The molecule has 1 aromatic carbocycles. The predicted octanol–water partition coefficient (Wildman–Crippen LogP) is 1.67. The molecule has 112 valence electrons. The molecule has 0 bridgehead atoms. The lowest BCUT2D eigenvalue weighted by Crippen LogP contribution is -2.34. The van der Waals surface area contributed by atoms with Crippen LogP contribution in [-0.4, -0.2) is 38.4 Å². The normalized spacial score (nSPS) is 12.9.